The fourth-order valence-corrected chi connectivity index (χ4v) is 2.65. The molecule has 18 heavy (non-hydrogen) atoms. The molecule has 0 N–H and O–H groups in total. The maximum absolute atomic E-state index is 11.9. The number of hydrogen-bond acceptors (Lipinski definition) is 2. The predicted molar refractivity (Wildman–Crippen MR) is 73.1 cm³/mol. The Labute approximate surface area is 113 Å². The largest absolute Gasteiger partial charge is 0.493 e. The van der Waals surface area contributed by atoms with Gasteiger partial charge in [-0.25, -0.2) is 0 Å². The molecule has 1 aromatic carbocycles. The molecule has 0 saturated carbocycles. The van der Waals surface area contributed by atoms with E-state index in [2.05, 4.69) is 22.0 Å². The quantitative estimate of drug-likeness (QED) is 0.854. The fraction of sp³-hybridized carbons (Fsp3) is 0.214. The number of para-hydroxylation sites is 1. The van der Waals surface area contributed by atoms with Gasteiger partial charge < -0.3 is 9.30 Å². The topological polar surface area (TPSA) is 31.2 Å². The number of pyridine rings is 1. The third-order valence-corrected chi connectivity index (χ3v) is 3.79. The number of ether oxygens (including phenoxy) is 1. The second-order valence-electron chi connectivity index (χ2n) is 4.36. The molecule has 1 atom stereocenters. The van der Waals surface area contributed by atoms with E-state index < -0.39 is 0 Å². The van der Waals surface area contributed by atoms with E-state index in [0.29, 0.717) is 17.6 Å². The van der Waals surface area contributed by atoms with E-state index in [1.807, 2.05) is 30.5 Å². The third-order valence-electron chi connectivity index (χ3n) is 3.19. The van der Waals surface area contributed by atoms with Crippen LogP contribution in [0, 0.1) is 0 Å². The Morgan fingerprint density at radius 3 is 3.00 bits per heavy atom. The van der Waals surface area contributed by atoms with Crippen LogP contribution in [-0.4, -0.2) is 11.2 Å². The molecule has 4 heteroatoms. The van der Waals surface area contributed by atoms with Crippen LogP contribution in [-0.2, 0) is 6.54 Å². The van der Waals surface area contributed by atoms with Gasteiger partial charge in [0, 0.05) is 24.2 Å². The Morgan fingerprint density at radius 1 is 1.28 bits per heavy atom. The van der Waals surface area contributed by atoms with E-state index in [1.54, 1.807) is 10.6 Å². The Kier molecular flexibility index (Phi) is 2.96. The number of aromatic nitrogens is 1. The average Bonchev–Trinajstić information content (AvgIpc) is 2.79. The Hall–Kier alpha value is -1.55. The molecule has 0 radical (unpaired) electrons. The van der Waals surface area contributed by atoms with Gasteiger partial charge in [0.25, 0.3) is 5.56 Å². The van der Waals surface area contributed by atoms with Crippen molar-refractivity contribution in [2.24, 2.45) is 0 Å². The molecule has 1 unspecified atom stereocenters. The van der Waals surface area contributed by atoms with Gasteiger partial charge in [0.05, 0.1) is 11.1 Å². The van der Waals surface area contributed by atoms with Crippen molar-refractivity contribution < 1.29 is 4.74 Å². The number of halogens is 1. The molecule has 1 aliphatic heterocycles. The summed E-state index contributed by atoms with van der Waals surface area (Å²) in [7, 11) is 0. The smallest absolute Gasteiger partial charge is 0.264 e. The van der Waals surface area contributed by atoms with Crippen molar-refractivity contribution in [3.8, 4) is 5.75 Å². The maximum Gasteiger partial charge on any atom is 0.264 e. The maximum atomic E-state index is 11.9. The molecule has 3 rings (SSSR count). The highest BCUT2D eigenvalue weighted by Gasteiger charge is 2.24. The van der Waals surface area contributed by atoms with Crippen molar-refractivity contribution in [3.63, 3.8) is 0 Å². The van der Waals surface area contributed by atoms with Crippen molar-refractivity contribution in [2.45, 2.75) is 12.5 Å². The molecule has 1 aliphatic rings. The number of fused-ring (bicyclic) bond motifs is 1. The van der Waals surface area contributed by atoms with Gasteiger partial charge >= 0.3 is 0 Å². The highest BCUT2D eigenvalue weighted by Crippen LogP contribution is 2.34. The molecule has 0 bridgehead atoms. The van der Waals surface area contributed by atoms with Gasteiger partial charge in [0.2, 0.25) is 0 Å². The Bertz CT molecular complexity index is 636. The second-order valence-corrected chi connectivity index (χ2v) is 5.21. The lowest BCUT2D eigenvalue weighted by molar-refractivity contribution is 0.318. The van der Waals surface area contributed by atoms with Crippen LogP contribution in [0.4, 0.5) is 0 Å². The Morgan fingerprint density at radius 2 is 2.11 bits per heavy atom. The third kappa shape index (κ3) is 1.97. The van der Waals surface area contributed by atoms with Crippen LogP contribution < -0.4 is 10.3 Å². The van der Waals surface area contributed by atoms with Crippen LogP contribution in [0.1, 0.15) is 11.5 Å². The zero-order valence-corrected chi connectivity index (χ0v) is 11.3. The molecule has 1 aromatic heterocycles. The van der Waals surface area contributed by atoms with Crippen LogP contribution in [0.15, 0.2) is 51.9 Å². The summed E-state index contributed by atoms with van der Waals surface area (Å²) in [5, 5.41) is 0. The van der Waals surface area contributed by atoms with Gasteiger partial charge in [-0.05, 0) is 34.1 Å². The number of nitrogens with zero attached hydrogens (tertiary/aromatic N) is 1. The lowest BCUT2D eigenvalue weighted by atomic mass is 10.0. The van der Waals surface area contributed by atoms with Crippen LogP contribution >= 0.6 is 15.9 Å². The summed E-state index contributed by atoms with van der Waals surface area (Å²) in [6.45, 7) is 1.29. The van der Waals surface area contributed by atoms with Crippen molar-refractivity contribution in [2.75, 3.05) is 6.61 Å². The highest BCUT2D eigenvalue weighted by molar-refractivity contribution is 9.10. The minimum absolute atomic E-state index is 0.00174. The monoisotopic (exact) mass is 305 g/mol. The first-order valence-corrected chi connectivity index (χ1v) is 6.61. The van der Waals surface area contributed by atoms with Gasteiger partial charge in [0.1, 0.15) is 5.75 Å². The molecule has 92 valence electrons. The fourth-order valence-electron chi connectivity index (χ4n) is 2.27. The first kappa shape index (κ1) is 11.5. The van der Waals surface area contributed by atoms with Crippen LogP contribution in [0.2, 0.25) is 0 Å². The lowest BCUT2D eigenvalue weighted by Gasteiger charge is -2.11. The van der Waals surface area contributed by atoms with Crippen molar-refractivity contribution in [1.29, 1.82) is 0 Å². The van der Waals surface area contributed by atoms with Crippen molar-refractivity contribution >= 4 is 15.9 Å². The first-order chi connectivity index (χ1) is 8.75. The molecule has 2 heterocycles. The SMILES string of the molecule is O=c1c(Br)cccn1CC1COc2ccccc21. The van der Waals surface area contributed by atoms with E-state index in [-0.39, 0.29) is 11.5 Å². The molecule has 0 aliphatic carbocycles. The number of hydrogen-bond donors (Lipinski definition) is 0. The summed E-state index contributed by atoms with van der Waals surface area (Å²) in [4.78, 5) is 11.9. The van der Waals surface area contributed by atoms with E-state index in [9.17, 15) is 4.79 Å². The van der Waals surface area contributed by atoms with Crippen LogP contribution in [0.25, 0.3) is 0 Å². The van der Waals surface area contributed by atoms with E-state index >= 15 is 0 Å². The van der Waals surface area contributed by atoms with Crippen molar-refractivity contribution in [3.05, 3.63) is 63.0 Å². The molecular weight excluding hydrogens is 294 g/mol. The molecule has 0 saturated heterocycles. The van der Waals surface area contributed by atoms with Gasteiger partial charge in [-0.2, -0.15) is 0 Å². The van der Waals surface area contributed by atoms with E-state index in [4.69, 9.17) is 4.74 Å². The molecular formula is C14H12BrNO2. The molecule has 2 aromatic rings. The van der Waals surface area contributed by atoms with Crippen molar-refractivity contribution in [1.82, 2.24) is 4.57 Å². The van der Waals surface area contributed by atoms with Crippen LogP contribution in [0.5, 0.6) is 5.75 Å². The minimum Gasteiger partial charge on any atom is -0.493 e. The summed E-state index contributed by atoms with van der Waals surface area (Å²) >= 11 is 3.26. The summed E-state index contributed by atoms with van der Waals surface area (Å²) in [5.74, 6) is 1.18. The molecule has 0 spiro atoms. The van der Waals surface area contributed by atoms with Gasteiger partial charge in [-0.1, -0.05) is 18.2 Å². The molecule has 0 amide bonds. The molecule has 3 nitrogen and oxygen atoms in total. The van der Waals surface area contributed by atoms with E-state index in [1.165, 1.54) is 5.56 Å². The predicted octanol–water partition coefficient (Wildman–Crippen LogP) is 2.79. The van der Waals surface area contributed by atoms with Gasteiger partial charge in [-0.3, -0.25) is 4.79 Å². The zero-order chi connectivity index (χ0) is 12.5. The second kappa shape index (κ2) is 4.61. The summed E-state index contributed by atoms with van der Waals surface area (Å²) in [6, 6.07) is 11.6. The minimum atomic E-state index is 0.00174. The average molecular weight is 306 g/mol. The number of rotatable bonds is 2. The van der Waals surface area contributed by atoms with Gasteiger partial charge in [-0.15, -0.1) is 0 Å². The standard InChI is InChI=1S/C14H12BrNO2/c15-12-5-3-7-16(14(12)17)8-10-9-18-13-6-2-1-4-11(10)13/h1-7,10H,8-9H2. The Balaban J connectivity index is 1.91. The zero-order valence-electron chi connectivity index (χ0n) is 9.67. The summed E-state index contributed by atoms with van der Waals surface area (Å²) in [5.41, 5.74) is 1.19. The van der Waals surface area contributed by atoms with E-state index in [0.717, 1.165) is 5.75 Å². The van der Waals surface area contributed by atoms with Gasteiger partial charge in [0.15, 0.2) is 0 Å². The molecule has 0 fully saturated rings. The summed E-state index contributed by atoms with van der Waals surface area (Å²) < 4.78 is 7.94. The first-order valence-electron chi connectivity index (χ1n) is 5.82. The van der Waals surface area contributed by atoms with Crippen LogP contribution in [0.3, 0.4) is 0 Å². The highest BCUT2D eigenvalue weighted by atomic mass is 79.9. The lowest BCUT2D eigenvalue weighted by Crippen LogP contribution is -2.23. The normalized spacial score (nSPS) is 17.3. The number of benzene rings is 1. The summed E-state index contributed by atoms with van der Waals surface area (Å²) in [6.07, 6.45) is 1.81.